The maximum absolute atomic E-state index is 13.9. The molecule has 170 valence electrons. The first-order valence-corrected chi connectivity index (χ1v) is 11.2. The topological polar surface area (TPSA) is 66.8 Å². The number of carbonyl (C=O) groups excluding carboxylic acids is 1. The molecule has 6 nitrogen and oxygen atoms in total. The van der Waals surface area contributed by atoms with Gasteiger partial charge in [0.25, 0.3) is 0 Å². The summed E-state index contributed by atoms with van der Waals surface area (Å²) in [6.45, 7) is 3.50. The Morgan fingerprint density at radius 3 is 2.91 bits per heavy atom. The van der Waals surface area contributed by atoms with Gasteiger partial charge in [-0.3, -0.25) is 9.89 Å². The highest BCUT2D eigenvalue weighted by Gasteiger charge is 2.32. The first-order chi connectivity index (χ1) is 16.0. The van der Waals surface area contributed by atoms with Crippen LogP contribution in [-0.4, -0.2) is 43.1 Å². The standard InChI is InChI=1S/C25H25F2N5O/c1-16-11-17(15-32(16)24(33)8-5-18-3-2-4-20(26)25(18)27)14-31-10-9-22-23(31)7-6-21(30-22)19-12-28-29-13-19/h2-4,6-7,9-10,12-13,16-17H,5,8,11,14-15H2,1H3,(H,28,29)/t16-,17?/m0/s1. The molecule has 0 aliphatic carbocycles. The lowest BCUT2D eigenvalue weighted by Gasteiger charge is -2.21. The van der Waals surface area contributed by atoms with Gasteiger partial charge in [0.2, 0.25) is 5.91 Å². The van der Waals surface area contributed by atoms with Crippen LogP contribution in [0.1, 0.15) is 25.3 Å². The van der Waals surface area contributed by atoms with Crippen LogP contribution in [0.25, 0.3) is 22.3 Å². The Balaban J connectivity index is 1.23. The van der Waals surface area contributed by atoms with Crippen LogP contribution in [0.5, 0.6) is 0 Å². The van der Waals surface area contributed by atoms with Crippen LogP contribution >= 0.6 is 0 Å². The highest BCUT2D eigenvalue weighted by Crippen LogP contribution is 2.28. The Hall–Kier alpha value is -3.55. The molecule has 0 saturated carbocycles. The zero-order valence-corrected chi connectivity index (χ0v) is 18.3. The third-order valence-electron chi connectivity index (χ3n) is 6.49. The maximum Gasteiger partial charge on any atom is 0.223 e. The number of likely N-dealkylation sites (tertiary alicyclic amines) is 1. The van der Waals surface area contributed by atoms with Gasteiger partial charge in [-0.25, -0.2) is 13.8 Å². The van der Waals surface area contributed by atoms with Crippen LogP contribution in [0.15, 0.2) is 55.0 Å². The normalized spacial score (nSPS) is 18.3. The van der Waals surface area contributed by atoms with Gasteiger partial charge >= 0.3 is 0 Å². The molecule has 8 heteroatoms. The summed E-state index contributed by atoms with van der Waals surface area (Å²) < 4.78 is 29.5. The summed E-state index contributed by atoms with van der Waals surface area (Å²) in [4.78, 5) is 19.4. The average Bonchev–Trinajstić information content (AvgIpc) is 3.55. The predicted molar refractivity (Wildman–Crippen MR) is 121 cm³/mol. The average molecular weight is 450 g/mol. The summed E-state index contributed by atoms with van der Waals surface area (Å²) in [6.07, 6.45) is 6.88. The van der Waals surface area contributed by atoms with Gasteiger partial charge in [-0.05, 0) is 55.5 Å². The van der Waals surface area contributed by atoms with Crippen LogP contribution in [0.4, 0.5) is 8.78 Å². The Bertz CT molecular complexity index is 1280. The van der Waals surface area contributed by atoms with E-state index < -0.39 is 11.6 Å². The largest absolute Gasteiger partial charge is 0.346 e. The van der Waals surface area contributed by atoms with Gasteiger partial charge in [0.1, 0.15) is 0 Å². The van der Waals surface area contributed by atoms with Crippen molar-refractivity contribution >= 4 is 16.9 Å². The number of fused-ring (bicyclic) bond motifs is 1. The molecule has 4 aromatic rings. The van der Waals surface area contributed by atoms with Crippen molar-refractivity contribution in [2.45, 2.75) is 38.8 Å². The second kappa shape index (κ2) is 8.77. The minimum absolute atomic E-state index is 0.0163. The van der Waals surface area contributed by atoms with Crippen molar-refractivity contribution in [3.63, 3.8) is 0 Å². The lowest BCUT2D eigenvalue weighted by atomic mass is 10.1. The summed E-state index contributed by atoms with van der Waals surface area (Å²) in [7, 11) is 0. The summed E-state index contributed by atoms with van der Waals surface area (Å²) >= 11 is 0. The van der Waals surface area contributed by atoms with Crippen LogP contribution in [0.3, 0.4) is 0 Å². The van der Waals surface area contributed by atoms with E-state index in [9.17, 15) is 13.6 Å². The number of rotatable bonds is 6. The number of nitrogens with zero attached hydrogens (tertiary/aromatic N) is 4. The number of aryl methyl sites for hydroxylation is 1. The SMILES string of the molecule is C[C@H]1CC(Cn2ccc3nc(-c4cn[nH]c4)ccc32)CN1C(=O)CCc1cccc(F)c1F. The molecule has 0 radical (unpaired) electrons. The minimum Gasteiger partial charge on any atom is -0.346 e. The highest BCUT2D eigenvalue weighted by molar-refractivity contribution is 5.79. The number of aromatic nitrogens is 4. The smallest absolute Gasteiger partial charge is 0.223 e. The zero-order valence-electron chi connectivity index (χ0n) is 18.3. The lowest BCUT2D eigenvalue weighted by Crippen LogP contribution is -2.34. The van der Waals surface area contributed by atoms with Crippen molar-refractivity contribution in [1.82, 2.24) is 24.6 Å². The van der Waals surface area contributed by atoms with E-state index in [1.807, 2.05) is 36.4 Å². The van der Waals surface area contributed by atoms with Gasteiger partial charge in [0, 0.05) is 43.5 Å². The Kier molecular flexibility index (Phi) is 5.66. The minimum atomic E-state index is -0.875. The first-order valence-electron chi connectivity index (χ1n) is 11.2. The number of carbonyl (C=O) groups is 1. The quantitative estimate of drug-likeness (QED) is 0.469. The molecule has 1 aliphatic heterocycles. The van der Waals surface area contributed by atoms with E-state index in [1.54, 1.807) is 6.20 Å². The summed E-state index contributed by atoms with van der Waals surface area (Å²) in [5.41, 5.74) is 4.04. The van der Waals surface area contributed by atoms with Crippen molar-refractivity contribution in [3.8, 4) is 11.3 Å². The molecule has 1 N–H and O–H groups in total. The van der Waals surface area contributed by atoms with E-state index in [-0.39, 0.29) is 30.4 Å². The number of pyridine rings is 1. The molecule has 0 bridgehead atoms. The molecule has 1 saturated heterocycles. The van der Waals surface area contributed by atoms with E-state index in [0.29, 0.717) is 12.5 Å². The predicted octanol–water partition coefficient (Wildman–Crippen LogP) is 4.57. The molecule has 33 heavy (non-hydrogen) atoms. The van der Waals surface area contributed by atoms with E-state index >= 15 is 0 Å². The van der Waals surface area contributed by atoms with Crippen molar-refractivity contribution < 1.29 is 13.6 Å². The van der Waals surface area contributed by atoms with Gasteiger partial charge in [-0.2, -0.15) is 5.10 Å². The number of aromatic amines is 1. The number of hydrogen-bond donors (Lipinski definition) is 1. The van der Waals surface area contributed by atoms with Crippen molar-refractivity contribution in [2.75, 3.05) is 6.54 Å². The Morgan fingerprint density at radius 2 is 2.09 bits per heavy atom. The van der Waals surface area contributed by atoms with Crippen LogP contribution in [-0.2, 0) is 17.8 Å². The molecule has 1 aliphatic rings. The van der Waals surface area contributed by atoms with Gasteiger partial charge in [-0.15, -0.1) is 0 Å². The molecular weight excluding hydrogens is 424 g/mol. The number of amides is 1. The highest BCUT2D eigenvalue weighted by atomic mass is 19.2. The first kappa shape index (κ1) is 21.3. The molecule has 1 aromatic carbocycles. The molecule has 0 spiro atoms. The third kappa shape index (κ3) is 4.25. The molecule has 1 fully saturated rings. The van der Waals surface area contributed by atoms with Crippen molar-refractivity contribution in [1.29, 1.82) is 0 Å². The number of benzene rings is 1. The number of H-pyrrole nitrogens is 1. The Morgan fingerprint density at radius 1 is 1.21 bits per heavy atom. The van der Waals surface area contributed by atoms with Crippen molar-refractivity contribution in [3.05, 3.63) is 72.2 Å². The molecule has 2 atom stereocenters. The second-order valence-electron chi connectivity index (χ2n) is 8.77. The van der Waals surface area contributed by atoms with E-state index in [0.717, 1.165) is 41.3 Å². The van der Waals surface area contributed by atoms with Crippen LogP contribution in [0.2, 0.25) is 0 Å². The molecule has 3 aromatic heterocycles. The van der Waals surface area contributed by atoms with E-state index in [2.05, 4.69) is 20.8 Å². The van der Waals surface area contributed by atoms with Gasteiger partial charge in [-0.1, -0.05) is 12.1 Å². The fourth-order valence-corrected chi connectivity index (χ4v) is 4.81. The second-order valence-corrected chi connectivity index (χ2v) is 8.77. The summed E-state index contributed by atoms with van der Waals surface area (Å²) in [6, 6.07) is 10.3. The molecule has 1 amide bonds. The van der Waals surface area contributed by atoms with Gasteiger partial charge in [0.15, 0.2) is 11.6 Å². The maximum atomic E-state index is 13.9. The number of nitrogens with one attached hydrogen (secondary N) is 1. The van der Waals surface area contributed by atoms with Crippen molar-refractivity contribution in [2.24, 2.45) is 5.92 Å². The van der Waals surface area contributed by atoms with Crippen LogP contribution in [0, 0.1) is 17.6 Å². The molecule has 5 rings (SSSR count). The van der Waals surface area contributed by atoms with E-state index in [1.165, 1.54) is 12.1 Å². The van der Waals surface area contributed by atoms with Crippen LogP contribution < -0.4 is 0 Å². The molecular formula is C25H25F2N5O. The van der Waals surface area contributed by atoms with Gasteiger partial charge in [0.05, 0.1) is 22.9 Å². The van der Waals surface area contributed by atoms with E-state index in [4.69, 9.17) is 4.98 Å². The monoisotopic (exact) mass is 449 g/mol. The molecule has 4 heterocycles. The van der Waals surface area contributed by atoms with Gasteiger partial charge < -0.3 is 9.47 Å². The summed E-state index contributed by atoms with van der Waals surface area (Å²) in [5, 5.41) is 6.79. The zero-order chi connectivity index (χ0) is 22.9. The third-order valence-corrected chi connectivity index (χ3v) is 6.49. The fourth-order valence-electron chi connectivity index (χ4n) is 4.81. The lowest BCUT2D eigenvalue weighted by molar-refractivity contribution is -0.131. The fraction of sp³-hybridized carbons (Fsp3) is 0.320. The number of halogens is 2. The number of hydrogen-bond acceptors (Lipinski definition) is 3. The Labute approximate surface area is 190 Å². The molecule has 1 unspecified atom stereocenters. The summed E-state index contributed by atoms with van der Waals surface area (Å²) in [5.74, 6) is -1.43.